The van der Waals surface area contributed by atoms with Crippen LogP contribution in [0.4, 0.5) is 11.6 Å². The number of cyclic esters (lactones) is 1. The highest BCUT2D eigenvalue weighted by Gasteiger charge is 2.38. The zero-order valence-electron chi connectivity index (χ0n) is 23.7. The first-order valence-electron chi connectivity index (χ1n) is 13.4. The normalized spacial score (nSPS) is 23.4. The van der Waals surface area contributed by atoms with Gasteiger partial charge in [0, 0.05) is 51.0 Å². The third kappa shape index (κ3) is 5.18. The highest BCUT2D eigenvalue weighted by molar-refractivity contribution is 5.93. The molecule has 11 heteroatoms. The van der Waals surface area contributed by atoms with Gasteiger partial charge in [0.2, 0.25) is 11.8 Å². The number of esters is 1. The van der Waals surface area contributed by atoms with Crippen molar-refractivity contribution >= 4 is 34.3 Å². The summed E-state index contributed by atoms with van der Waals surface area (Å²) in [5, 5.41) is 4.79. The summed E-state index contributed by atoms with van der Waals surface area (Å²) >= 11 is 0. The van der Waals surface area contributed by atoms with Crippen LogP contribution in [0.1, 0.15) is 61.1 Å². The third-order valence-corrected chi connectivity index (χ3v) is 7.79. The monoisotopic (exact) mass is 548 g/mol. The van der Waals surface area contributed by atoms with Gasteiger partial charge in [-0.3, -0.25) is 4.79 Å². The third-order valence-electron chi connectivity index (χ3n) is 7.79. The molecule has 1 aliphatic carbocycles. The average molecular weight is 549 g/mol. The van der Waals surface area contributed by atoms with E-state index >= 15 is 0 Å². The first-order valence-corrected chi connectivity index (χ1v) is 13.4. The number of carbonyl (C=O) groups is 2. The first-order chi connectivity index (χ1) is 19.0. The topological polar surface area (TPSA) is 142 Å². The molecule has 4 heterocycles. The standard InChI is InChI=1S/C29H36N6O5/c1-15-16(2)39-28(37)19-7-8-23(34-25(15)19)33-24-11-20-21(12-31-24)26(32-13-22(20)29(3,30)14-38-6)40-18-9-17(10-18)27(36)35(4)5/h7-8,11-13,15-18H,9-10,14,30H2,1-6H3,(H,31,33,34)/t15-,16-,17-,18+,29+/m0/s1. The number of rotatable bonds is 8. The summed E-state index contributed by atoms with van der Waals surface area (Å²) < 4.78 is 17.0. The molecular weight excluding hydrogens is 512 g/mol. The maximum absolute atomic E-state index is 12.3. The molecule has 0 radical (unpaired) electrons. The van der Waals surface area contributed by atoms with E-state index in [-0.39, 0.29) is 42.5 Å². The number of aromatic nitrogens is 3. The number of amides is 1. The SMILES string of the molecule is COC[C@@](C)(N)c1cnc(O[C@H]2C[C@@H](C(=O)N(C)C)C2)c2cnc(Nc3ccc4c(n3)[C@@H](C)[C@H](C)OC4=O)cc12. The number of nitrogens with zero attached hydrogens (tertiary/aromatic N) is 4. The van der Waals surface area contributed by atoms with Gasteiger partial charge in [-0.05, 0) is 50.3 Å². The van der Waals surface area contributed by atoms with Crippen LogP contribution in [0.25, 0.3) is 10.8 Å². The molecule has 0 bridgehead atoms. The summed E-state index contributed by atoms with van der Waals surface area (Å²) in [4.78, 5) is 40.1. The molecule has 2 aliphatic rings. The molecule has 0 spiro atoms. The number of fused-ring (bicyclic) bond motifs is 2. The van der Waals surface area contributed by atoms with Gasteiger partial charge in [0.25, 0.3) is 0 Å². The van der Waals surface area contributed by atoms with Crippen molar-refractivity contribution in [2.24, 2.45) is 11.7 Å². The number of pyridine rings is 3. The smallest absolute Gasteiger partial charge is 0.340 e. The molecule has 5 rings (SSSR count). The van der Waals surface area contributed by atoms with Gasteiger partial charge < -0.3 is 30.2 Å². The summed E-state index contributed by atoms with van der Waals surface area (Å²) in [6.45, 7) is 6.02. The highest BCUT2D eigenvalue weighted by Crippen LogP contribution is 2.37. The molecule has 1 fully saturated rings. The van der Waals surface area contributed by atoms with Gasteiger partial charge in [0.05, 0.1) is 28.8 Å². The average Bonchev–Trinajstić information content (AvgIpc) is 2.88. The Balaban J connectivity index is 1.46. The lowest BCUT2D eigenvalue weighted by molar-refractivity contribution is -0.138. The predicted octanol–water partition coefficient (Wildman–Crippen LogP) is 3.50. The number of methoxy groups -OCH3 is 1. The highest BCUT2D eigenvalue weighted by atomic mass is 16.5. The molecule has 1 amide bonds. The van der Waals surface area contributed by atoms with Crippen LogP contribution in [0.5, 0.6) is 5.88 Å². The predicted molar refractivity (Wildman–Crippen MR) is 150 cm³/mol. The number of hydrogen-bond acceptors (Lipinski definition) is 10. The quantitative estimate of drug-likeness (QED) is 0.402. The van der Waals surface area contributed by atoms with Crippen molar-refractivity contribution in [3.8, 4) is 5.88 Å². The molecule has 3 N–H and O–H groups in total. The van der Waals surface area contributed by atoms with Crippen LogP contribution >= 0.6 is 0 Å². The summed E-state index contributed by atoms with van der Waals surface area (Å²) in [6.07, 6.45) is 4.34. The van der Waals surface area contributed by atoms with Gasteiger partial charge in [0.1, 0.15) is 23.8 Å². The number of anilines is 2. The first kappa shape index (κ1) is 27.7. The van der Waals surface area contributed by atoms with E-state index in [1.54, 1.807) is 50.6 Å². The van der Waals surface area contributed by atoms with Crippen LogP contribution in [-0.4, -0.2) is 71.7 Å². The molecule has 11 nitrogen and oxygen atoms in total. The molecule has 212 valence electrons. The zero-order chi connectivity index (χ0) is 28.8. The Kier molecular flexibility index (Phi) is 7.36. The van der Waals surface area contributed by atoms with Crippen LogP contribution in [0.2, 0.25) is 0 Å². The van der Waals surface area contributed by atoms with Crippen molar-refractivity contribution in [2.75, 3.05) is 33.1 Å². The minimum Gasteiger partial charge on any atom is -0.474 e. The van der Waals surface area contributed by atoms with Crippen LogP contribution < -0.4 is 15.8 Å². The van der Waals surface area contributed by atoms with E-state index in [9.17, 15) is 9.59 Å². The second kappa shape index (κ2) is 10.6. The van der Waals surface area contributed by atoms with E-state index in [4.69, 9.17) is 24.9 Å². The van der Waals surface area contributed by atoms with Gasteiger partial charge in [-0.15, -0.1) is 0 Å². The fourth-order valence-electron chi connectivity index (χ4n) is 5.24. The number of ether oxygens (including phenoxy) is 3. The Bertz CT molecular complexity index is 1450. The summed E-state index contributed by atoms with van der Waals surface area (Å²) in [7, 11) is 5.13. The van der Waals surface area contributed by atoms with Gasteiger partial charge in [-0.25, -0.2) is 19.7 Å². The molecule has 0 saturated heterocycles. The van der Waals surface area contributed by atoms with Crippen LogP contribution in [-0.2, 0) is 19.8 Å². The van der Waals surface area contributed by atoms with Gasteiger partial charge >= 0.3 is 5.97 Å². The fraction of sp³-hybridized carbons (Fsp3) is 0.483. The van der Waals surface area contributed by atoms with Crippen molar-refractivity contribution in [1.82, 2.24) is 19.9 Å². The number of hydrogen-bond donors (Lipinski definition) is 2. The molecule has 3 aromatic rings. The second-order valence-corrected chi connectivity index (χ2v) is 11.2. The molecule has 3 aromatic heterocycles. The molecule has 1 aliphatic heterocycles. The van der Waals surface area contributed by atoms with E-state index in [1.807, 2.05) is 26.8 Å². The number of nitrogens with one attached hydrogen (secondary N) is 1. The maximum atomic E-state index is 12.3. The lowest BCUT2D eigenvalue weighted by Gasteiger charge is -2.35. The van der Waals surface area contributed by atoms with Crippen LogP contribution in [0.15, 0.2) is 30.6 Å². The molecule has 3 atom stereocenters. The van der Waals surface area contributed by atoms with Crippen molar-refractivity contribution < 1.29 is 23.8 Å². The molecular formula is C29H36N6O5. The molecule has 40 heavy (non-hydrogen) atoms. The summed E-state index contributed by atoms with van der Waals surface area (Å²) in [5.41, 5.74) is 7.77. The van der Waals surface area contributed by atoms with Crippen LogP contribution in [0.3, 0.4) is 0 Å². The summed E-state index contributed by atoms with van der Waals surface area (Å²) in [5.74, 6) is 1.22. The Hall–Kier alpha value is -3.83. The molecule has 1 saturated carbocycles. The minimum atomic E-state index is -0.827. The Morgan fingerprint density at radius 2 is 1.93 bits per heavy atom. The zero-order valence-corrected chi connectivity index (χ0v) is 23.7. The van der Waals surface area contributed by atoms with Crippen LogP contribution in [0, 0.1) is 5.92 Å². The van der Waals surface area contributed by atoms with Crippen molar-refractivity contribution in [3.63, 3.8) is 0 Å². The Morgan fingerprint density at radius 3 is 2.62 bits per heavy atom. The second-order valence-electron chi connectivity index (χ2n) is 11.2. The number of carbonyl (C=O) groups excluding carboxylic acids is 2. The van der Waals surface area contributed by atoms with E-state index in [2.05, 4.69) is 15.3 Å². The van der Waals surface area contributed by atoms with Gasteiger partial charge in [0.15, 0.2) is 0 Å². The lowest BCUT2D eigenvalue weighted by Crippen LogP contribution is -2.43. The van der Waals surface area contributed by atoms with Crippen molar-refractivity contribution in [1.29, 1.82) is 0 Å². The Labute approximate surface area is 233 Å². The molecule has 0 unspecified atom stereocenters. The van der Waals surface area contributed by atoms with E-state index in [1.165, 1.54) is 0 Å². The number of nitrogens with two attached hydrogens (primary N) is 1. The van der Waals surface area contributed by atoms with E-state index < -0.39 is 5.54 Å². The fourth-order valence-corrected chi connectivity index (χ4v) is 5.24. The lowest BCUT2D eigenvalue weighted by atomic mass is 9.81. The maximum Gasteiger partial charge on any atom is 0.340 e. The van der Waals surface area contributed by atoms with Crippen molar-refractivity contribution in [3.05, 3.63) is 47.4 Å². The van der Waals surface area contributed by atoms with E-state index in [0.717, 1.165) is 10.9 Å². The minimum absolute atomic E-state index is 0.0369. The van der Waals surface area contributed by atoms with Crippen molar-refractivity contribution in [2.45, 2.75) is 57.3 Å². The Morgan fingerprint density at radius 1 is 1.18 bits per heavy atom. The van der Waals surface area contributed by atoms with Gasteiger partial charge in [-0.1, -0.05) is 6.92 Å². The largest absolute Gasteiger partial charge is 0.474 e. The summed E-state index contributed by atoms with van der Waals surface area (Å²) in [6, 6.07) is 5.34. The van der Waals surface area contributed by atoms with Gasteiger partial charge in [-0.2, -0.15) is 0 Å². The molecule has 0 aromatic carbocycles. The van der Waals surface area contributed by atoms with E-state index in [0.29, 0.717) is 47.0 Å².